The zero-order valence-electron chi connectivity index (χ0n) is 20.1. The molecule has 3 aromatic rings. The molecule has 0 radical (unpaired) electrons. The molecule has 0 spiro atoms. The lowest BCUT2D eigenvalue weighted by molar-refractivity contribution is 0.0600. The van der Waals surface area contributed by atoms with Crippen molar-refractivity contribution < 1.29 is 27.9 Å². The van der Waals surface area contributed by atoms with Gasteiger partial charge in [0.15, 0.2) is 5.60 Å². The Hall–Kier alpha value is -3.18. The maximum absolute atomic E-state index is 14.1. The van der Waals surface area contributed by atoms with Gasteiger partial charge < -0.3 is 18.5 Å². The standard InChI is InChI=1S/C28H29O6P/c1-4-32-35(30,33-5-2)25-20-28(23-14-10-7-11-15-23,34-26(25)21-12-8-6-9-13-21)24-18-16-22(17-19-24)27(29)31-3/h6-19H,4-5,20H2,1-3H3. The van der Waals surface area contributed by atoms with Gasteiger partial charge in [-0.2, -0.15) is 0 Å². The van der Waals surface area contributed by atoms with E-state index < -0.39 is 19.2 Å². The van der Waals surface area contributed by atoms with Crippen molar-refractivity contribution >= 4 is 19.3 Å². The molecular formula is C28H29O6P. The number of hydrogen-bond donors (Lipinski definition) is 0. The van der Waals surface area contributed by atoms with E-state index >= 15 is 0 Å². The summed E-state index contributed by atoms with van der Waals surface area (Å²) in [5, 5.41) is 0.494. The highest BCUT2D eigenvalue weighted by Crippen LogP contribution is 2.66. The molecule has 4 rings (SSSR count). The van der Waals surface area contributed by atoms with Gasteiger partial charge in [0.05, 0.1) is 31.2 Å². The molecule has 0 amide bonds. The van der Waals surface area contributed by atoms with Gasteiger partial charge in [0.25, 0.3) is 0 Å². The van der Waals surface area contributed by atoms with Crippen LogP contribution >= 0.6 is 7.60 Å². The molecule has 0 aromatic heterocycles. The fraction of sp³-hybridized carbons (Fsp3) is 0.250. The smallest absolute Gasteiger partial charge is 0.361 e. The number of carbonyl (C=O) groups is 1. The molecular weight excluding hydrogens is 463 g/mol. The predicted octanol–water partition coefficient (Wildman–Crippen LogP) is 6.77. The van der Waals surface area contributed by atoms with E-state index in [1.54, 1.807) is 26.0 Å². The van der Waals surface area contributed by atoms with Crippen LogP contribution in [0.5, 0.6) is 0 Å². The molecule has 0 N–H and O–H groups in total. The van der Waals surface area contributed by atoms with Gasteiger partial charge in [0.1, 0.15) is 5.76 Å². The van der Waals surface area contributed by atoms with Crippen LogP contribution in [0.15, 0.2) is 90.2 Å². The number of hydrogen-bond acceptors (Lipinski definition) is 6. The average molecular weight is 493 g/mol. The second kappa shape index (κ2) is 10.6. The number of ether oxygens (including phenoxy) is 2. The van der Waals surface area contributed by atoms with E-state index in [4.69, 9.17) is 18.5 Å². The molecule has 0 saturated heterocycles. The molecule has 1 atom stereocenters. The van der Waals surface area contributed by atoms with E-state index in [-0.39, 0.29) is 19.6 Å². The Bertz CT molecular complexity index is 1230. The molecule has 0 aliphatic carbocycles. The lowest BCUT2D eigenvalue weighted by Crippen LogP contribution is -2.27. The first kappa shape index (κ1) is 24.9. The van der Waals surface area contributed by atoms with Crippen LogP contribution in [0.2, 0.25) is 0 Å². The molecule has 6 nitrogen and oxygen atoms in total. The third-order valence-electron chi connectivity index (χ3n) is 5.93. The van der Waals surface area contributed by atoms with Crippen LogP contribution in [-0.2, 0) is 28.7 Å². The van der Waals surface area contributed by atoms with Crippen LogP contribution in [-0.4, -0.2) is 26.3 Å². The maximum Gasteiger partial charge on any atom is 0.361 e. The molecule has 7 heteroatoms. The van der Waals surface area contributed by atoms with Gasteiger partial charge in [-0.3, -0.25) is 4.57 Å². The Labute approximate surface area is 206 Å². The number of benzene rings is 3. The van der Waals surface area contributed by atoms with Crippen LogP contribution in [0.3, 0.4) is 0 Å². The lowest BCUT2D eigenvalue weighted by Gasteiger charge is -2.31. The minimum absolute atomic E-state index is 0.231. The highest BCUT2D eigenvalue weighted by atomic mass is 31.2. The van der Waals surface area contributed by atoms with Crippen LogP contribution < -0.4 is 0 Å². The Morgan fingerprint density at radius 1 is 0.857 bits per heavy atom. The van der Waals surface area contributed by atoms with Gasteiger partial charge in [0, 0.05) is 23.1 Å². The Morgan fingerprint density at radius 3 is 1.94 bits per heavy atom. The monoisotopic (exact) mass is 492 g/mol. The minimum atomic E-state index is -3.66. The largest absolute Gasteiger partial charge is 0.476 e. The van der Waals surface area contributed by atoms with Gasteiger partial charge in [-0.15, -0.1) is 0 Å². The predicted molar refractivity (Wildman–Crippen MR) is 135 cm³/mol. The number of esters is 1. The first-order valence-electron chi connectivity index (χ1n) is 11.6. The van der Waals surface area contributed by atoms with Gasteiger partial charge in [-0.1, -0.05) is 72.8 Å². The molecule has 0 saturated carbocycles. The van der Waals surface area contributed by atoms with Crippen molar-refractivity contribution in [3.8, 4) is 0 Å². The molecule has 1 aliphatic heterocycles. The highest BCUT2D eigenvalue weighted by molar-refractivity contribution is 7.58. The molecule has 0 bridgehead atoms. The van der Waals surface area contributed by atoms with Crippen LogP contribution in [0.25, 0.3) is 5.76 Å². The van der Waals surface area contributed by atoms with E-state index in [1.165, 1.54) is 7.11 Å². The summed E-state index contributed by atoms with van der Waals surface area (Å²) >= 11 is 0. The summed E-state index contributed by atoms with van der Waals surface area (Å²) in [7, 11) is -2.31. The minimum Gasteiger partial charge on any atom is -0.476 e. The zero-order chi connectivity index (χ0) is 24.9. The van der Waals surface area contributed by atoms with Crippen LogP contribution in [0, 0.1) is 0 Å². The topological polar surface area (TPSA) is 71.1 Å². The molecule has 1 unspecified atom stereocenters. The van der Waals surface area contributed by atoms with Crippen molar-refractivity contribution in [2.24, 2.45) is 0 Å². The van der Waals surface area contributed by atoms with Crippen molar-refractivity contribution in [1.82, 2.24) is 0 Å². The second-order valence-electron chi connectivity index (χ2n) is 8.02. The van der Waals surface area contributed by atoms with Crippen molar-refractivity contribution in [3.05, 3.63) is 112 Å². The first-order valence-corrected chi connectivity index (χ1v) is 13.1. The van der Waals surface area contributed by atoms with Crippen molar-refractivity contribution in [3.63, 3.8) is 0 Å². The van der Waals surface area contributed by atoms with Gasteiger partial charge in [-0.25, -0.2) is 4.79 Å². The number of rotatable bonds is 9. The summed E-state index contributed by atoms with van der Waals surface area (Å²) in [6.45, 7) is 4.05. The quantitative estimate of drug-likeness (QED) is 0.242. The lowest BCUT2D eigenvalue weighted by atomic mass is 9.84. The summed E-state index contributed by atoms with van der Waals surface area (Å²) in [5.41, 5.74) is 1.91. The van der Waals surface area contributed by atoms with Crippen molar-refractivity contribution in [2.75, 3.05) is 20.3 Å². The summed E-state index contributed by atoms with van der Waals surface area (Å²) in [4.78, 5) is 12.0. The molecule has 0 fully saturated rings. The summed E-state index contributed by atoms with van der Waals surface area (Å²) in [6, 6.07) is 26.4. The first-order chi connectivity index (χ1) is 17.0. The van der Waals surface area contributed by atoms with Gasteiger partial charge in [-0.05, 0) is 26.0 Å². The fourth-order valence-corrected chi connectivity index (χ4v) is 6.25. The fourth-order valence-electron chi connectivity index (χ4n) is 4.34. The van der Waals surface area contributed by atoms with Crippen LogP contribution in [0.1, 0.15) is 47.3 Å². The third-order valence-corrected chi connectivity index (χ3v) is 8.15. The molecule has 1 aliphatic rings. The summed E-state index contributed by atoms with van der Waals surface area (Å²) in [6.07, 6.45) is 0.260. The van der Waals surface area contributed by atoms with Crippen molar-refractivity contribution in [1.29, 1.82) is 0 Å². The maximum atomic E-state index is 14.1. The van der Waals surface area contributed by atoms with Gasteiger partial charge >= 0.3 is 13.6 Å². The Kier molecular flexibility index (Phi) is 7.56. The van der Waals surface area contributed by atoms with Crippen LogP contribution in [0.4, 0.5) is 0 Å². The van der Waals surface area contributed by atoms with E-state index in [0.29, 0.717) is 16.6 Å². The SMILES string of the molecule is CCOP(=O)(OCC)C1=C(c2ccccc2)OC(c2ccccc2)(c2ccc(C(=O)OC)cc2)C1. The Balaban J connectivity index is 1.91. The Morgan fingerprint density at radius 2 is 1.40 bits per heavy atom. The third kappa shape index (κ3) is 4.83. The summed E-state index contributed by atoms with van der Waals surface area (Å²) in [5.74, 6) is 0.0652. The number of carbonyl (C=O) groups excluding carboxylic acids is 1. The second-order valence-corrected chi connectivity index (χ2v) is 10.1. The molecule has 1 heterocycles. The van der Waals surface area contributed by atoms with E-state index in [2.05, 4.69) is 0 Å². The normalized spacial score (nSPS) is 17.8. The average Bonchev–Trinajstić information content (AvgIpc) is 3.33. The van der Waals surface area contributed by atoms with E-state index in [0.717, 1.165) is 16.7 Å². The van der Waals surface area contributed by atoms with E-state index in [9.17, 15) is 9.36 Å². The summed E-state index contributed by atoms with van der Waals surface area (Å²) < 4.78 is 37.3. The van der Waals surface area contributed by atoms with E-state index in [1.807, 2.05) is 72.8 Å². The highest BCUT2D eigenvalue weighted by Gasteiger charge is 2.50. The molecule has 3 aromatic carbocycles. The van der Waals surface area contributed by atoms with Gasteiger partial charge in [0.2, 0.25) is 0 Å². The molecule has 35 heavy (non-hydrogen) atoms. The van der Waals surface area contributed by atoms with Crippen molar-refractivity contribution in [2.45, 2.75) is 25.9 Å². The number of methoxy groups -OCH3 is 1. The zero-order valence-corrected chi connectivity index (χ0v) is 21.0. The molecule has 182 valence electrons.